The lowest BCUT2D eigenvalue weighted by Gasteiger charge is -2.46. The first-order chi connectivity index (χ1) is 15.4. The summed E-state index contributed by atoms with van der Waals surface area (Å²) in [7, 11) is -5.61. The molecule has 1 heterocycles. The van der Waals surface area contributed by atoms with E-state index in [1.54, 1.807) is 19.1 Å². The van der Waals surface area contributed by atoms with Crippen molar-refractivity contribution in [3.8, 4) is 0 Å². The molecule has 0 radical (unpaired) electrons. The van der Waals surface area contributed by atoms with E-state index in [0.29, 0.717) is 17.7 Å². The summed E-state index contributed by atoms with van der Waals surface area (Å²) in [6.45, 7) is 1.58. The number of anilines is 1. The first kappa shape index (κ1) is 23.6. The number of hydrogen-bond acceptors (Lipinski definition) is 4. The number of nitrogens with zero attached hydrogens (tertiary/aromatic N) is 1. The van der Waals surface area contributed by atoms with Crippen molar-refractivity contribution in [1.29, 1.82) is 0 Å². The maximum atomic E-state index is 14.5. The highest BCUT2D eigenvalue weighted by molar-refractivity contribution is 7.46. The predicted octanol–water partition coefficient (Wildman–Crippen LogP) is 4.55. The molecule has 33 heavy (non-hydrogen) atoms. The Morgan fingerprint density at radius 2 is 1.91 bits per heavy atom. The Labute approximate surface area is 187 Å². The lowest BCUT2D eigenvalue weighted by Crippen LogP contribution is -2.58. The molecule has 3 N–H and O–H groups in total. The number of rotatable bonds is 4. The van der Waals surface area contributed by atoms with Crippen molar-refractivity contribution in [2.24, 2.45) is 5.92 Å². The molecule has 0 aliphatic heterocycles. The van der Waals surface area contributed by atoms with Crippen LogP contribution in [0.4, 0.5) is 18.9 Å². The molecular formula is C22H22F3N2O5P. The Hall–Kier alpha value is -2.52. The lowest BCUT2D eigenvalue weighted by atomic mass is 9.65. The van der Waals surface area contributed by atoms with E-state index in [0.717, 1.165) is 11.1 Å². The van der Waals surface area contributed by atoms with Crippen LogP contribution in [0.25, 0.3) is 5.57 Å². The third-order valence-corrected chi connectivity index (χ3v) is 6.81. The monoisotopic (exact) mass is 482 g/mol. The largest absolute Gasteiger partial charge is 0.470 e. The Balaban J connectivity index is 1.90. The number of pyridine rings is 1. The van der Waals surface area contributed by atoms with Crippen LogP contribution in [0, 0.1) is 12.8 Å². The Kier molecular flexibility index (Phi) is 5.99. The van der Waals surface area contributed by atoms with Crippen LogP contribution in [0.2, 0.25) is 0 Å². The van der Waals surface area contributed by atoms with Crippen LogP contribution < -0.4 is 5.32 Å². The molecule has 176 valence electrons. The van der Waals surface area contributed by atoms with Gasteiger partial charge in [-0.1, -0.05) is 29.8 Å². The summed E-state index contributed by atoms with van der Waals surface area (Å²) in [6.07, 6.45) is -4.16. The minimum absolute atomic E-state index is 0.137. The molecule has 0 saturated carbocycles. The average Bonchev–Trinajstić information content (AvgIpc) is 2.73. The molecule has 1 amide bonds. The molecule has 2 aromatic rings. The van der Waals surface area contributed by atoms with Gasteiger partial charge in [0, 0.05) is 6.20 Å². The van der Waals surface area contributed by atoms with E-state index in [1.165, 1.54) is 18.3 Å². The summed E-state index contributed by atoms with van der Waals surface area (Å²) < 4.78 is 59.8. The fraction of sp³-hybridized carbons (Fsp3) is 0.364. The number of nitrogens with one attached hydrogen (secondary N) is 1. The van der Waals surface area contributed by atoms with Crippen LogP contribution >= 0.6 is 7.82 Å². The van der Waals surface area contributed by atoms with E-state index >= 15 is 0 Å². The third-order valence-electron chi connectivity index (χ3n) is 6.24. The molecule has 0 spiro atoms. The van der Waals surface area contributed by atoms with Crippen molar-refractivity contribution in [3.05, 3.63) is 65.0 Å². The van der Waals surface area contributed by atoms with E-state index < -0.39 is 37.8 Å². The minimum atomic E-state index is -5.61. The maximum absolute atomic E-state index is 14.5. The smallest absolute Gasteiger partial charge is 0.324 e. The Morgan fingerprint density at radius 1 is 1.18 bits per heavy atom. The Bertz CT molecular complexity index is 1180. The lowest BCUT2D eigenvalue weighted by molar-refractivity contribution is -0.268. The number of phosphoric ester groups is 1. The Morgan fingerprint density at radius 3 is 2.58 bits per heavy atom. The summed E-state index contributed by atoms with van der Waals surface area (Å²) in [5.74, 6) is -3.04. The number of phosphoric acid groups is 1. The van der Waals surface area contributed by atoms with Crippen molar-refractivity contribution in [2.75, 3.05) is 5.32 Å². The first-order valence-corrected chi connectivity index (χ1v) is 11.8. The molecular weight excluding hydrogens is 460 g/mol. The molecule has 11 heteroatoms. The van der Waals surface area contributed by atoms with E-state index in [2.05, 4.69) is 14.8 Å². The molecule has 0 fully saturated rings. The van der Waals surface area contributed by atoms with Crippen molar-refractivity contribution in [3.63, 3.8) is 0 Å². The number of fused-ring (bicyclic) bond motifs is 2. The number of aromatic nitrogens is 1. The SMILES string of the molecule is Cc1ncccc1NC(=O)C1C2=C(CCC1(OP(=O)(O)O)C(F)(F)F)c1ccccc1CC2. The first-order valence-electron chi connectivity index (χ1n) is 10.3. The number of alkyl halides is 3. The van der Waals surface area contributed by atoms with Crippen LogP contribution in [0.1, 0.15) is 36.1 Å². The van der Waals surface area contributed by atoms with E-state index in [9.17, 15) is 32.3 Å². The van der Waals surface area contributed by atoms with Gasteiger partial charge < -0.3 is 15.1 Å². The molecule has 1 aromatic carbocycles. The van der Waals surface area contributed by atoms with Gasteiger partial charge in [0.1, 0.15) is 0 Å². The van der Waals surface area contributed by atoms with Gasteiger partial charge in [0.25, 0.3) is 0 Å². The van der Waals surface area contributed by atoms with Crippen molar-refractivity contribution >= 4 is 25.0 Å². The van der Waals surface area contributed by atoms with E-state index in [1.807, 2.05) is 12.1 Å². The zero-order chi connectivity index (χ0) is 24.0. The van der Waals surface area contributed by atoms with Crippen molar-refractivity contribution in [2.45, 2.75) is 44.4 Å². The molecule has 2 aliphatic rings. The molecule has 4 rings (SSSR count). The number of allylic oxidation sites excluding steroid dienone is 1. The normalized spacial score (nSPS) is 23.0. The van der Waals surface area contributed by atoms with Crippen molar-refractivity contribution in [1.82, 2.24) is 4.98 Å². The van der Waals surface area contributed by atoms with E-state index in [-0.39, 0.29) is 24.1 Å². The zero-order valence-electron chi connectivity index (χ0n) is 17.6. The standard InChI is InChI=1S/C22H22F3N2O5P/c1-13-18(7-4-12-26-13)27-20(28)19-17-9-8-14-5-2-3-6-15(14)16(17)10-11-21(19,22(23,24)25)32-33(29,30)31/h2-7,12,19H,8-11H2,1H3,(H,27,28)(H2,29,30,31). The predicted molar refractivity (Wildman–Crippen MR) is 114 cm³/mol. The van der Waals surface area contributed by atoms with Gasteiger partial charge in [-0.3, -0.25) is 14.3 Å². The summed E-state index contributed by atoms with van der Waals surface area (Å²) in [5.41, 5.74) is -0.303. The molecule has 2 atom stereocenters. The van der Waals surface area contributed by atoms with Gasteiger partial charge >= 0.3 is 14.0 Å². The van der Waals surface area contributed by atoms with Gasteiger partial charge in [-0.2, -0.15) is 13.2 Å². The molecule has 0 saturated heterocycles. The van der Waals surface area contributed by atoms with Crippen LogP contribution in [-0.2, 0) is 20.3 Å². The van der Waals surface area contributed by atoms with Gasteiger partial charge in [-0.05, 0) is 61.4 Å². The molecule has 0 bridgehead atoms. The topological polar surface area (TPSA) is 109 Å². The van der Waals surface area contributed by atoms with Crippen LogP contribution in [-0.4, -0.2) is 32.5 Å². The van der Waals surface area contributed by atoms with Crippen molar-refractivity contribution < 1.29 is 36.8 Å². The van der Waals surface area contributed by atoms with Gasteiger partial charge in [0.2, 0.25) is 5.91 Å². The van der Waals surface area contributed by atoms with Gasteiger partial charge in [-0.25, -0.2) is 4.57 Å². The minimum Gasteiger partial charge on any atom is -0.324 e. The number of halogens is 3. The molecule has 1 aromatic heterocycles. The second-order valence-corrected chi connectivity index (χ2v) is 9.35. The number of hydrogen-bond donors (Lipinski definition) is 3. The number of carbonyl (C=O) groups is 1. The zero-order valence-corrected chi connectivity index (χ0v) is 18.5. The van der Waals surface area contributed by atoms with Gasteiger partial charge in [0.15, 0.2) is 5.60 Å². The summed E-state index contributed by atoms with van der Waals surface area (Å²) >= 11 is 0. The second kappa shape index (κ2) is 8.36. The number of amides is 1. The summed E-state index contributed by atoms with van der Waals surface area (Å²) in [6, 6.07) is 10.3. The van der Waals surface area contributed by atoms with Gasteiger partial charge in [-0.15, -0.1) is 0 Å². The number of carbonyl (C=O) groups excluding carboxylic acids is 1. The highest BCUT2D eigenvalue weighted by atomic mass is 31.2. The fourth-order valence-electron chi connectivity index (χ4n) is 4.84. The highest BCUT2D eigenvalue weighted by Crippen LogP contribution is 2.59. The molecule has 7 nitrogen and oxygen atoms in total. The number of benzene rings is 1. The van der Waals surface area contributed by atoms with Gasteiger partial charge in [0.05, 0.1) is 17.3 Å². The number of aryl methyl sites for hydroxylation is 2. The third kappa shape index (κ3) is 4.36. The fourth-order valence-corrected chi connectivity index (χ4v) is 5.56. The van der Waals surface area contributed by atoms with Crippen LogP contribution in [0.5, 0.6) is 0 Å². The summed E-state index contributed by atoms with van der Waals surface area (Å²) in [4.78, 5) is 36.3. The van der Waals surface area contributed by atoms with Crippen LogP contribution in [0.3, 0.4) is 0 Å². The average molecular weight is 482 g/mol. The molecule has 2 unspecified atom stereocenters. The maximum Gasteiger partial charge on any atom is 0.470 e. The van der Waals surface area contributed by atoms with E-state index in [4.69, 9.17) is 0 Å². The van der Waals surface area contributed by atoms with Crippen LogP contribution in [0.15, 0.2) is 48.2 Å². The highest BCUT2D eigenvalue weighted by Gasteiger charge is 2.67. The molecule has 2 aliphatic carbocycles. The summed E-state index contributed by atoms with van der Waals surface area (Å²) in [5, 5.41) is 2.48. The quantitative estimate of drug-likeness (QED) is 0.552. The second-order valence-electron chi connectivity index (χ2n) is 8.19.